The molecular formula is C84H89Cl2N7O31. The minimum Gasteiger partial charge on any atom is -0.508 e. The smallest absolute Gasteiger partial charge is 0.245 e. The van der Waals surface area contributed by atoms with Crippen molar-refractivity contribution in [1.82, 2.24) is 31.9 Å². The first kappa shape index (κ1) is 89.2. The summed E-state index contributed by atoms with van der Waals surface area (Å²) in [6, 6.07) is 11.0. The van der Waals surface area contributed by atoms with Gasteiger partial charge in [-0.2, -0.15) is 0 Å². The molecule has 0 spiro atoms. The van der Waals surface area contributed by atoms with E-state index < -0.39 is 289 Å². The van der Waals surface area contributed by atoms with Crippen LogP contribution in [0.4, 0.5) is 0 Å². The van der Waals surface area contributed by atoms with Crippen molar-refractivity contribution in [3.63, 3.8) is 0 Å². The predicted molar refractivity (Wildman–Crippen MR) is 426 cm³/mol. The van der Waals surface area contributed by atoms with Crippen LogP contribution in [0.3, 0.4) is 0 Å². The molecule has 660 valence electrons. The van der Waals surface area contributed by atoms with Crippen LogP contribution < -0.4 is 61.3 Å². The van der Waals surface area contributed by atoms with E-state index in [1.807, 2.05) is 0 Å². The quantitative estimate of drug-likeness (QED) is 0.0771. The highest BCUT2D eigenvalue weighted by Crippen LogP contribution is 2.51. The molecule has 0 saturated carbocycles. The Kier molecular flexibility index (Phi) is 26.6. The van der Waals surface area contributed by atoms with Crippen LogP contribution in [0.1, 0.15) is 109 Å². The minimum absolute atomic E-state index is 0.0706. The molecule has 124 heavy (non-hydrogen) atoms. The second kappa shape index (κ2) is 37.0. The van der Waals surface area contributed by atoms with Gasteiger partial charge in [-0.1, -0.05) is 61.3 Å². The number of hydrogen-bond donors (Lipinski definition) is 21. The summed E-state index contributed by atoms with van der Waals surface area (Å²) in [6.07, 6.45) is -29.9. The molecule has 17 bridgehead atoms. The maximum Gasteiger partial charge on any atom is 0.245 e. The third-order valence-corrected chi connectivity index (χ3v) is 22.9. The molecule has 16 rings (SSSR count). The molecule has 3 fully saturated rings. The van der Waals surface area contributed by atoms with Crippen LogP contribution in [0.25, 0.3) is 11.1 Å². The lowest BCUT2D eigenvalue weighted by molar-refractivity contribution is -0.284. The van der Waals surface area contributed by atoms with Crippen molar-refractivity contribution in [1.29, 1.82) is 0 Å². The van der Waals surface area contributed by atoms with Gasteiger partial charge in [0.15, 0.2) is 40.9 Å². The molecule has 7 aromatic carbocycles. The SMILES string of the molecule is CC(=O)NC1[C@H](O[C@@H]2c3ccc(c(Cl)c3)Oc3cc4cc(c3O[C@@H]3OC(CO)[C@@H](O)[C@H](O)C3NC(=O)CC(C)C)Oc3ccc(cc3Cl)C[C@H]3NC(=O)[C@H](N)c5ccc(O)c(c5)Oc5cc(O)cc(c5)[C@H](CC3=O)C(=O)N[C@H]4C(=O)C[C@H]3C(=O)N[C@@H]2C(=O)NCc2cc(O)cc(O[C@H]4OC(CO)[C@@H](O)C(O)[C@H]4O)c2-c2cc3ccc2O)OC(CO)[C@@H](O)[C@@H]1O. The number of aliphatic hydroxyl groups excluding tert-OH is 10. The van der Waals surface area contributed by atoms with Crippen LogP contribution >= 0.6 is 23.2 Å². The highest BCUT2D eigenvalue weighted by Gasteiger charge is 2.52. The Bertz CT molecular complexity index is 5300. The highest BCUT2D eigenvalue weighted by atomic mass is 35.5. The lowest BCUT2D eigenvalue weighted by Gasteiger charge is -2.44. The monoisotopic (exact) mass is 1760 g/mol. The number of amides is 6. The minimum atomic E-state index is -2.30. The maximum atomic E-state index is 17.0. The van der Waals surface area contributed by atoms with E-state index in [-0.39, 0.29) is 79.1 Å². The number of phenols is 4. The molecule has 6 unspecified atom stereocenters. The molecule has 3 saturated heterocycles. The fourth-order valence-electron chi connectivity index (χ4n) is 15.9. The lowest BCUT2D eigenvalue weighted by Crippen LogP contribution is -2.65. The van der Waals surface area contributed by atoms with Crippen LogP contribution in [-0.2, 0) is 70.3 Å². The van der Waals surface area contributed by atoms with E-state index in [0.717, 1.165) is 67.6 Å². The van der Waals surface area contributed by atoms with Gasteiger partial charge in [0.25, 0.3) is 0 Å². The van der Waals surface area contributed by atoms with Crippen molar-refractivity contribution in [3.05, 3.63) is 164 Å². The first-order valence-corrected chi connectivity index (χ1v) is 40.1. The number of fused-ring (bicyclic) bond motifs is 14. The number of hydrogen-bond acceptors (Lipinski definition) is 32. The number of aliphatic hydroxyl groups is 10. The molecule has 9 aliphatic rings. The first-order chi connectivity index (χ1) is 59.0. The Balaban J connectivity index is 1.04. The van der Waals surface area contributed by atoms with Crippen LogP contribution in [0.15, 0.2) is 115 Å². The number of Topliss-reactive ketones (excluding diaryl/α,β-unsaturated/α-hetero) is 2. The van der Waals surface area contributed by atoms with Gasteiger partial charge < -0.3 is 152 Å². The summed E-state index contributed by atoms with van der Waals surface area (Å²) in [7, 11) is 0. The van der Waals surface area contributed by atoms with Gasteiger partial charge in [-0.3, -0.25) is 38.4 Å². The Labute approximate surface area is 714 Å². The molecule has 0 aromatic heterocycles. The predicted octanol–water partition coefficient (Wildman–Crippen LogP) is 1.21. The summed E-state index contributed by atoms with van der Waals surface area (Å²) in [4.78, 5) is 123. The Morgan fingerprint density at radius 2 is 1.10 bits per heavy atom. The van der Waals surface area contributed by atoms with Crippen LogP contribution in [0.2, 0.25) is 10.0 Å². The summed E-state index contributed by atoms with van der Waals surface area (Å²) in [5.41, 5.74) is 4.94. The zero-order chi connectivity index (χ0) is 88.9. The van der Waals surface area contributed by atoms with E-state index >= 15 is 24.0 Å². The van der Waals surface area contributed by atoms with Crippen molar-refractivity contribution in [3.8, 4) is 80.1 Å². The molecule has 0 aliphatic carbocycles. The fraction of sp³-hybridized carbons (Fsp3) is 0.405. The van der Waals surface area contributed by atoms with Crippen molar-refractivity contribution in [2.75, 3.05) is 19.8 Å². The van der Waals surface area contributed by atoms with Crippen molar-refractivity contribution in [2.45, 2.75) is 187 Å². The van der Waals surface area contributed by atoms with E-state index in [9.17, 15) is 85.9 Å². The number of ketones is 2. The third-order valence-electron chi connectivity index (χ3n) is 22.3. The molecule has 40 heteroatoms. The van der Waals surface area contributed by atoms with Gasteiger partial charge in [0.2, 0.25) is 53.8 Å². The normalized spacial score (nSPS) is 29.6. The number of aromatic hydroxyl groups is 4. The maximum absolute atomic E-state index is 17.0. The molecule has 38 nitrogen and oxygen atoms in total. The third kappa shape index (κ3) is 18.7. The average Bonchev–Trinajstić information content (AvgIpc) is 0.761. The van der Waals surface area contributed by atoms with Crippen molar-refractivity contribution >= 4 is 70.2 Å². The number of benzene rings is 7. The number of nitrogens with two attached hydrogens (primary N) is 1. The fourth-order valence-corrected chi connectivity index (χ4v) is 16.4. The van der Waals surface area contributed by atoms with Gasteiger partial charge in [0, 0.05) is 56.0 Å². The van der Waals surface area contributed by atoms with Gasteiger partial charge in [-0.05, 0) is 130 Å². The number of carbonyl (C=O) groups is 8. The Hall–Kier alpha value is -11.1. The molecule has 22 atom stereocenters. The van der Waals surface area contributed by atoms with Gasteiger partial charge >= 0.3 is 0 Å². The van der Waals surface area contributed by atoms with Gasteiger partial charge in [0.05, 0.1) is 47.7 Å². The number of carbonyl (C=O) groups excluding carboxylic acids is 8. The van der Waals surface area contributed by atoms with Gasteiger partial charge in [0.1, 0.15) is 138 Å². The average molecular weight is 1760 g/mol. The molecule has 22 N–H and O–H groups in total. The van der Waals surface area contributed by atoms with Crippen molar-refractivity contribution < 1.29 is 152 Å². The molecule has 9 heterocycles. The van der Waals surface area contributed by atoms with E-state index in [0.29, 0.717) is 0 Å². The van der Waals surface area contributed by atoms with E-state index in [4.69, 9.17) is 71.6 Å². The number of ether oxygens (including phenoxy) is 9. The zero-order valence-corrected chi connectivity index (χ0v) is 67.5. The number of nitrogens with one attached hydrogen (secondary N) is 6. The van der Waals surface area contributed by atoms with Gasteiger partial charge in [-0.15, -0.1) is 0 Å². The van der Waals surface area contributed by atoms with E-state index in [1.165, 1.54) is 54.6 Å². The number of rotatable bonds is 13. The number of halogens is 2. The van der Waals surface area contributed by atoms with Crippen molar-refractivity contribution in [2.24, 2.45) is 11.7 Å². The Morgan fingerprint density at radius 3 is 1.76 bits per heavy atom. The molecule has 0 radical (unpaired) electrons. The zero-order valence-electron chi connectivity index (χ0n) is 65.9. The lowest BCUT2D eigenvalue weighted by atomic mass is 9.85. The number of phenolic OH excluding ortho intramolecular Hbond substituents is 4. The van der Waals surface area contributed by atoms with Crippen LogP contribution in [-0.4, -0.2) is 242 Å². The molecule has 7 aromatic rings. The van der Waals surface area contributed by atoms with Crippen LogP contribution in [0.5, 0.6) is 69.0 Å². The first-order valence-electron chi connectivity index (χ1n) is 39.3. The van der Waals surface area contributed by atoms with Gasteiger partial charge in [-0.25, -0.2) is 0 Å². The highest BCUT2D eigenvalue weighted by molar-refractivity contribution is 6.32. The molecule has 9 aliphatic heterocycles. The van der Waals surface area contributed by atoms with E-state index in [2.05, 4.69) is 31.9 Å². The topological polar surface area (TPSA) is 601 Å². The summed E-state index contributed by atoms with van der Waals surface area (Å²) < 4.78 is 57.6. The second-order valence-corrected chi connectivity index (χ2v) is 32.3. The molecule has 6 amide bonds. The largest absolute Gasteiger partial charge is 0.508 e. The molecular weight excluding hydrogens is 1670 g/mol. The van der Waals surface area contributed by atoms with E-state index in [1.54, 1.807) is 13.8 Å². The second-order valence-electron chi connectivity index (χ2n) is 31.5. The summed E-state index contributed by atoms with van der Waals surface area (Å²) >= 11 is 14.7. The summed E-state index contributed by atoms with van der Waals surface area (Å²) in [6.45, 7) is 0.767. The summed E-state index contributed by atoms with van der Waals surface area (Å²) in [5, 5.41) is 173. The Morgan fingerprint density at radius 1 is 0.524 bits per heavy atom. The van der Waals surface area contributed by atoms with Crippen LogP contribution in [0, 0.1) is 5.92 Å². The summed E-state index contributed by atoms with van der Waals surface area (Å²) in [5.74, 6) is -18.8. The standard InChI is InChI=1S/C84H89Cl2N7O31/c1-31(2)12-62(104)91-67-73(109)70(106)60(29-95)121-83(67)124-77-57-21-38-22-58(77)118-54-11-7-36(19-47(54)86)76(123-82-66(89-32(3)97)72(108)69(105)59(28-94)120-82)68-81(115)88-27-39-16-41(99)24-56(119-84-75(111)74(110)71(107)61(30-96)122-84)63(39)45-18-34(5-8-49(45)100)43(78(112)93-68)26-52(103)65(38)92-79(113)44-25-51(102)48(14-33-4-10-53(117-57)46(85)13-33)90-80(114)64(87)35-6-9-50(101)55(20-35)116-42-17-37(44)15-40(98)23-42/h4-11,13,15-24,31,43-44,48,59-61,64-76,82-84,94-96,98-101,105-111H,12,14,25-30,87H2,1-3H3,(H,88,115)(H,89,97)(H,90,114)(H,91,104)(H,92,113)(H,93,112)/t43-,44+,48-,59?,60?,61?,64-,65-,66?,67?,68+,69-,70-,71-,72-,73-,74?,75-,76-,82+,83+,84+/m1/s1.